The van der Waals surface area contributed by atoms with E-state index >= 15 is 0 Å². The molecule has 4 heteroatoms. The molecule has 0 atom stereocenters. The zero-order valence-corrected chi connectivity index (χ0v) is 18.9. The van der Waals surface area contributed by atoms with Crippen molar-refractivity contribution in [2.75, 3.05) is 0 Å². The highest BCUT2D eigenvalue weighted by atomic mass is 16.7. The molecule has 1 saturated heterocycles. The van der Waals surface area contributed by atoms with Gasteiger partial charge < -0.3 is 13.9 Å². The topological polar surface area (TPSA) is 23.4 Å². The van der Waals surface area contributed by atoms with E-state index < -0.39 is 7.12 Å². The monoisotopic (exact) mass is 419 g/mol. The van der Waals surface area contributed by atoms with E-state index in [1.54, 1.807) is 0 Å². The maximum atomic E-state index is 6.41. The van der Waals surface area contributed by atoms with Gasteiger partial charge in [0, 0.05) is 16.2 Å². The average molecular weight is 419 g/mol. The van der Waals surface area contributed by atoms with Crippen LogP contribution in [-0.2, 0) is 9.31 Å². The fourth-order valence-electron chi connectivity index (χ4n) is 4.80. The van der Waals surface area contributed by atoms with Gasteiger partial charge in [-0.25, -0.2) is 0 Å². The molecule has 0 bridgehead atoms. The van der Waals surface area contributed by atoms with Crippen LogP contribution in [0, 0.1) is 0 Å². The number of rotatable bonds is 2. The Morgan fingerprint density at radius 1 is 0.625 bits per heavy atom. The first-order valence-electron chi connectivity index (χ1n) is 11.2. The predicted octanol–water partition coefficient (Wildman–Crippen LogP) is 6.24. The summed E-state index contributed by atoms with van der Waals surface area (Å²) >= 11 is 0. The highest BCUT2D eigenvalue weighted by molar-refractivity contribution is 6.62. The summed E-state index contributed by atoms with van der Waals surface area (Å²) in [5, 5.41) is 4.90. The molecular formula is C28H26BNO2. The standard InChI is InChI=1S/C28H26BNO2/c1-27(2)28(3,4)32-29(31-27)20-17-19-11-5-6-12-21(19)26(18-20)30-24-15-9-7-13-22(24)23-14-8-10-16-25(23)30/h5-18H,1-4H3. The number of hydrogen-bond acceptors (Lipinski definition) is 2. The summed E-state index contributed by atoms with van der Waals surface area (Å²) in [5.41, 5.74) is 3.83. The number of benzene rings is 4. The van der Waals surface area contributed by atoms with Gasteiger partial charge in [0.05, 0.1) is 27.9 Å². The minimum Gasteiger partial charge on any atom is -0.399 e. The molecule has 0 aliphatic carbocycles. The molecule has 0 amide bonds. The molecule has 0 unspecified atom stereocenters. The van der Waals surface area contributed by atoms with Crippen molar-refractivity contribution < 1.29 is 9.31 Å². The van der Waals surface area contributed by atoms with Crippen LogP contribution in [0.15, 0.2) is 84.9 Å². The average Bonchev–Trinajstić information content (AvgIpc) is 3.23. The van der Waals surface area contributed by atoms with Gasteiger partial charge in [-0.3, -0.25) is 0 Å². The minimum absolute atomic E-state index is 0.379. The van der Waals surface area contributed by atoms with Crippen molar-refractivity contribution in [3.05, 3.63) is 84.9 Å². The molecule has 32 heavy (non-hydrogen) atoms. The lowest BCUT2D eigenvalue weighted by Crippen LogP contribution is -2.41. The van der Waals surface area contributed by atoms with Crippen LogP contribution in [0.5, 0.6) is 0 Å². The second-order valence-electron chi connectivity index (χ2n) is 9.72. The third-order valence-electron chi connectivity index (χ3n) is 7.21. The summed E-state index contributed by atoms with van der Waals surface area (Å²) in [5.74, 6) is 0. The van der Waals surface area contributed by atoms with Gasteiger partial charge in [0.25, 0.3) is 0 Å². The number of hydrogen-bond donors (Lipinski definition) is 0. The van der Waals surface area contributed by atoms with Gasteiger partial charge in [-0.15, -0.1) is 0 Å². The Labute approximate surface area is 188 Å². The van der Waals surface area contributed by atoms with E-state index in [0.717, 1.165) is 11.2 Å². The second-order valence-corrected chi connectivity index (χ2v) is 9.72. The lowest BCUT2D eigenvalue weighted by atomic mass is 9.77. The Balaban J connectivity index is 1.66. The highest BCUT2D eigenvalue weighted by Gasteiger charge is 2.51. The van der Waals surface area contributed by atoms with Crippen molar-refractivity contribution in [2.24, 2.45) is 0 Å². The van der Waals surface area contributed by atoms with Crippen molar-refractivity contribution >= 4 is 45.2 Å². The molecule has 3 nitrogen and oxygen atoms in total. The number of fused-ring (bicyclic) bond motifs is 4. The van der Waals surface area contributed by atoms with E-state index in [1.165, 1.54) is 32.6 Å². The fraction of sp³-hybridized carbons (Fsp3) is 0.214. The Bertz CT molecular complexity index is 1430. The summed E-state index contributed by atoms with van der Waals surface area (Å²) in [6.07, 6.45) is 0. The molecule has 0 N–H and O–H groups in total. The molecule has 1 fully saturated rings. The van der Waals surface area contributed by atoms with Crippen molar-refractivity contribution in [1.82, 2.24) is 4.57 Å². The van der Waals surface area contributed by atoms with Gasteiger partial charge in [-0.1, -0.05) is 66.7 Å². The number of aromatic nitrogens is 1. The third kappa shape index (κ3) is 2.76. The zero-order chi connectivity index (χ0) is 22.1. The van der Waals surface area contributed by atoms with Crippen LogP contribution >= 0.6 is 0 Å². The van der Waals surface area contributed by atoms with Crippen molar-refractivity contribution in [2.45, 2.75) is 38.9 Å². The van der Waals surface area contributed by atoms with Crippen LogP contribution in [0.4, 0.5) is 0 Å². The summed E-state index contributed by atoms with van der Waals surface area (Å²) in [7, 11) is -0.406. The van der Waals surface area contributed by atoms with Gasteiger partial charge in [0.2, 0.25) is 0 Å². The SMILES string of the molecule is CC1(C)OB(c2cc(-n3c4ccccc4c4ccccc43)c3ccccc3c2)OC1(C)C. The number of nitrogens with zero attached hydrogens (tertiary/aromatic N) is 1. The van der Waals surface area contributed by atoms with Gasteiger partial charge in [-0.05, 0) is 56.7 Å². The van der Waals surface area contributed by atoms with Crippen LogP contribution in [0.3, 0.4) is 0 Å². The molecule has 6 rings (SSSR count). The summed E-state index contributed by atoms with van der Waals surface area (Å²) in [6, 6.07) is 30.2. The van der Waals surface area contributed by atoms with E-state index in [-0.39, 0.29) is 11.2 Å². The largest absolute Gasteiger partial charge is 0.494 e. The van der Waals surface area contributed by atoms with E-state index in [4.69, 9.17) is 9.31 Å². The Morgan fingerprint density at radius 3 is 1.72 bits per heavy atom. The van der Waals surface area contributed by atoms with Gasteiger partial charge in [-0.2, -0.15) is 0 Å². The van der Waals surface area contributed by atoms with Crippen LogP contribution in [0.1, 0.15) is 27.7 Å². The van der Waals surface area contributed by atoms with Crippen LogP contribution in [0.25, 0.3) is 38.3 Å². The smallest absolute Gasteiger partial charge is 0.399 e. The molecule has 0 radical (unpaired) electrons. The predicted molar refractivity (Wildman–Crippen MR) is 134 cm³/mol. The Kier molecular flexibility index (Phi) is 4.11. The molecule has 1 aromatic heterocycles. The van der Waals surface area contributed by atoms with Crippen molar-refractivity contribution in [1.29, 1.82) is 0 Å². The van der Waals surface area contributed by atoms with Crippen molar-refractivity contribution in [3.8, 4) is 5.69 Å². The van der Waals surface area contributed by atoms with E-state index in [0.29, 0.717) is 0 Å². The highest BCUT2D eigenvalue weighted by Crippen LogP contribution is 2.38. The number of para-hydroxylation sites is 2. The summed E-state index contributed by atoms with van der Waals surface area (Å²) < 4.78 is 15.2. The first kappa shape index (κ1) is 19.6. The Morgan fingerprint density at radius 2 is 1.12 bits per heavy atom. The van der Waals surface area contributed by atoms with Gasteiger partial charge in [0.15, 0.2) is 0 Å². The lowest BCUT2D eigenvalue weighted by molar-refractivity contribution is 0.00578. The Hall–Kier alpha value is -3.08. The lowest BCUT2D eigenvalue weighted by Gasteiger charge is -2.32. The molecule has 1 aliphatic heterocycles. The first-order chi connectivity index (χ1) is 15.4. The maximum absolute atomic E-state index is 6.41. The molecule has 0 spiro atoms. The van der Waals surface area contributed by atoms with Crippen LogP contribution < -0.4 is 5.46 Å². The molecule has 2 heterocycles. The fourth-order valence-corrected chi connectivity index (χ4v) is 4.80. The quantitative estimate of drug-likeness (QED) is 0.317. The van der Waals surface area contributed by atoms with Crippen LogP contribution in [0.2, 0.25) is 0 Å². The second kappa shape index (κ2) is 6.71. The minimum atomic E-state index is -0.406. The maximum Gasteiger partial charge on any atom is 0.494 e. The van der Waals surface area contributed by atoms with Crippen molar-refractivity contribution in [3.63, 3.8) is 0 Å². The molecule has 5 aromatic rings. The van der Waals surface area contributed by atoms with Gasteiger partial charge >= 0.3 is 7.12 Å². The summed E-state index contributed by atoms with van der Waals surface area (Å²) in [4.78, 5) is 0. The third-order valence-corrected chi connectivity index (χ3v) is 7.21. The molecule has 0 saturated carbocycles. The van der Waals surface area contributed by atoms with E-state index in [2.05, 4.69) is 117 Å². The first-order valence-corrected chi connectivity index (χ1v) is 11.2. The normalized spacial score (nSPS) is 17.6. The molecule has 158 valence electrons. The molecule has 1 aliphatic rings. The molecule has 4 aromatic carbocycles. The van der Waals surface area contributed by atoms with E-state index in [9.17, 15) is 0 Å². The van der Waals surface area contributed by atoms with Crippen LogP contribution in [-0.4, -0.2) is 22.9 Å². The van der Waals surface area contributed by atoms with Gasteiger partial charge in [0.1, 0.15) is 0 Å². The molecular weight excluding hydrogens is 393 g/mol. The zero-order valence-electron chi connectivity index (χ0n) is 18.9. The summed E-state index contributed by atoms with van der Waals surface area (Å²) in [6.45, 7) is 8.40. The van der Waals surface area contributed by atoms with E-state index in [1.807, 2.05) is 0 Å².